The molecular formula is C15H22N2OS. The summed E-state index contributed by atoms with van der Waals surface area (Å²) in [5, 5.41) is 4.58. The van der Waals surface area contributed by atoms with Crippen LogP contribution in [0.25, 0.3) is 10.1 Å². The summed E-state index contributed by atoms with van der Waals surface area (Å²) in [6.07, 6.45) is 0. The van der Waals surface area contributed by atoms with E-state index in [2.05, 4.69) is 48.6 Å². The van der Waals surface area contributed by atoms with Crippen LogP contribution in [0, 0.1) is 0 Å². The maximum absolute atomic E-state index is 5.82. The highest BCUT2D eigenvalue weighted by Gasteiger charge is 2.11. The maximum Gasteiger partial charge on any atom is 0.0734 e. The molecule has 1 N–H and O–H groups in total. The summed E-state index contributed by atoms with van der Waals surface area (Å²) in [5.74, 6) is 0. The smallest absolute Gasteiger partial charge is 0.0734 e. The van der Waals surface area contributed by atoms with Crippen molar-refractivity contribution in [3.63, 3.8) is 0 Å². The Balaban J connectivity index is 2.12. The molecule has 0 aliphatic heterocycles. The monoisotopic (exact) mass is 278 g/mol. The largest absolute Gasteiger partial charge is 0.375 e. The van der Waals surface area contributed by atoms with Crippen molar-refractivity contribution in [1.29, 1.82) is 0 Å². The highest BCUT2D eigenvalue weighted by molar-refractivity contribution is 7.19. The van der Waals surface area contributed by atoms with Gasteiger partial charge in [-0.25, -0.2) is 0 Å². The van der Waals surface area contributed by atoms with Gasteiger partial charge in [0.2, 0.25) is 0 Å². The van der Waals surface area contributed by atoms with E-state index in [0.717, 1.165) is 19.7 Å². The van der Waals surface area contributed by atoms with E-state index in [0.29, 0.717) is 6.61 Å². The number of rotatable bonds is 7. The van der Waals surface area contributed by atoms with E-state index < -0.39 is 0 Å². The van der Waals surface area contributed by atoms with Crippen molar-refractivity contribution in [2.24, 2.45) is 0 Å². The van der Waals surface area contributed by atoms with Gasteiger partial charge in [0, 0.05) is 28.2 Å². The number of hydrogen-bond donors (Lipinski definition) is 1. The van der Waals surface area contributed by atoms with Gasteiger partial charge in [0.1, 0.15) is 0 Å². The van der Waals surface area contributed by atoms with Crippen molar-refractivity contribution in [3.05, 3.63) is 34.7 Å². The summed E-state index contributed by atoms with van der Waals surface area (Å²) in [6, 6.07) is 8.57. The second kappa shape index (κ2) is 7.01. The lowest BCUT2D eigenvalue weighted by molar-refractivity contribution is 0.106. The molecule has 2 rings (SSSR count). The molecular weight excluding hydrogens is 256 g/mol. The third-order valence-corrected chi connectivity index (χ3v) is 4.26. The second-order valence-electron chi connectivity index (χ2n) is 4.89. The van der Waals surface area contributed by atoms with E-state index in [1.807, 2.05) is 18.4 Å². The number of fused-ring (bicyclic) bond motifs is 1. The molecule has 2 aromatic rings. The zero-order chi connectivity index (χ0) is 13.7. The molecule has 0 spiro atoms. The van der Waals surface area contributed by atoms with Crippen LogP contribution in [0.5, 0.6) is 0 Å². The van der Waals surface area contributed by atoms with E-state index >= 15 is 0 Å². The highest BCUT2D eigenvalue weighted by Crippen LogP contribution is 2.31. The molecule has 0 saturated carbocycles. The molecule has 0 unspecified atom stereocenters. The molecule has 0 aliphatic carbocycles. The number of likely N-dealkylation sites (N-methyl/N-ethyl adjacent to an activating group) is 1. The molecule has 1 aromatic carbocycles. The summed E-state index contributed by atoms with van der Waals surface area (Å²) in [7, 11) is 6.12. The standard InChI is InChI=1S/C15H22N2OS/c1-16-10-15-13(11-18-9-8-17(2)3)12-6-4-5-7-14(12)19-15/h4-7,16H,8-11H2,1-3H3. The number of thiophene rings is 1. The van der Waals surface area contributed by atoms with E-state index in [1.165, 1.54) is 20.5 Å². The van der Waals surface area contributed by atoms with Crippen LogP contribution in [-0.4, -0.2) is 39.2 Å². The first kappa shape index (κ1) is 14.5. The first-order valence-electron chi connectivity index (χ1n) is 6.58. The maximum atomic E-state index is 5.82. The topological polar surface area (TPSA) is 24.5 Å². The Morgan fingerprint density at radius 3 is 2.79 bits per heavy atom. The van der Waals surface area contributed by atoms with Crippen molar-refractivity contribution in [2.75, 3.05) is 34.3 Å². The van der Waals surface area contributed by atoms with Gasteiger partial charge < -0.3 is 15.0 Å². The van der Waals surface area contributed by atoms with Gasteiger partial charge in [-0.15, -0.1) is 11.3 Å². The molecule has 0 bridgehead atoms. The number of hydrogen-bond acceptors (Lipinski definition) is 4. The molecule has 0 aliphatic rings. The SMILES string of the molecule is CNCc1sc2ccccc2c1COCCN(C)C. The van der Waals surface area contributed by atoms with Gasteiger partial charge in [0.25, 0.3) is 0 Å². The summed E-state index contributed by atoms with van der Waals surface area (Å²) < 4.78 is 7.17. The van der Waals surface area contributed by atoms with Crippen molar-refractivity contribution in [1.82, 2.24) is 10.2 Å². The van der Waals surface area contributed by atoms with Gasteiger partial charge in [-0.2, -0.15) is 0 Å². The zero-order valence-corrected chi connectivity index (χ0v) is 12.7. The number of nitrogens with zero attached hydrogens (tertiary/aromatic N) is 1. The van der Waals surface area contributed by atoms with Crippen LogP contribution in [0.4, 0.5) is 0 Å². The summed E-state index contributed by atoms with van der Waals surface area (Å²) in [6.45, 7) is 3.35. The quantitative estimate of drug-likeness (QED) is 0.788. The van der Waals surface area contributed by atoms with Crippen molar-refractivity contribution < 1.29 is 4.74 Å². The number of ether oxygens (including phenoxy) is 1. The van der Waals surface area contributed by atoms with Crippen LogP contribution >= 0.6 is 11.3 Å². The molecule has 0 saturated heterocycles. The lowest BCUT2D eigenvalue weighted by Crippen LogP contribution is -2.18. The lowest BCUT2D eigenvalue weighted by atomic mass is 10.1. The van der Waals surface area contributed by atoms with Crippen molar-refractivity contribution >= 4 is 21.4 Å². The van der Waals surface area contributed by atoms with Crippen molar-refractivity contribution in [3.8, 4) is 0 Å². The minimum absolute atomic E-state index is 0.703. The van der Waals surface area contributed by atoms with E-state index in [4.69, 9.17) is 4.74 Å². The van der Waals surface area contributed by atoms with Gasteiger partial charge >= 0.3 is 0 Å². The second-order valence-corrected chi connectivity index (χ2v) is 6.02. The first-order valence-corrected chi connectivity index (χ1v) is 7.40. The Hall–Kier alpha value is -0.940. The van der Waals surface area contributed by atoms with E-state index in [1.54, 1.807) is 0 Å². The summed E-state index contributed by atoms with van der Waals surface area (Å²) in [5.41, 5.74) is 1.34. The Kier molecular flexibility index (Phi) is 5.34. The number of nitrogens with one attached hydrogen (secondary N) is 1. The fourth-order valence-corrected chi connectivity index (χ4v) is 3.25. The average molecular weight is 278 g/mol. The normalized spacial score (nSPS) is 11.6. The predicted octanol–water partition coefficient (Wildman–Crippen LogP) is 2.70. The lowest BCUT2D eigenvalue weighted by Gasteiger charge is -2.10. The molecule has 1 aromatic heterocycles. The minimum Gasteiger partial charge on any atom is -0.375 e. The molecule has 1 heterocycles. The van der Waals surface area contributed by atoms with E-state index in [-0.39, 0.29) is 0 Å². The molecule has 19 heavy (non-hydrogen) atoms. The van der Waals surface area contributed by atoms with Crippen LogP contribution < -0.4 is 5.32 Å². The molecule has 0 fully saturated rings. The van der Waals surface area contributed by atoms with E-state index in [9.17, 15) is 0 Å². The fraction of sp³-hybridized carbons (Fsp3) is 0.467. The van der Waals surface area contributed by atoms with Gasteiger partial charge in [0.05, 0.1) is 13.2 Å². The molecule has 0 radical (unpaired) electrons. The van der Waals surface area contributed by atoms with Crippen LogP contribution in [-0.2, 0) is 17.9 Å². The highest BCUT2D eigenvalue weighted by atomic mass is 32.1. The third kappa shape index (κ3) is 3.76. The number of benzene rings is 1. The van der Waals surface area contributed by atoms with Crippen LogP contribution in [0.2, 0.25) is 0 Å². The molecule has 0 amide bonds. The molecule has 3 nitrogen and oxygen atoms in total. The Bertz CT molecular complexity index is 522. The fourth-order valence-electron chi connectivity index (χ4n) is 2.03. The summed E-state index contributed by atoms with van der Waals surface area (Å²) in [4.78, 5) is 3.52. The van der Waals surface area contributed by atoms with Gasteiger partial charge in [-0.1, -0.05) is 18.2 Å². The first-order chi connectivity index (χ1) is 9.22. The molecule has 0 atom stereocenters. The molecule has 104 valence electrons. The summed E-state index contributed by atoms with van der Waals surface area (Å²) >= 11 is 1.86. The average Bonchev–Trinajstić information content (AvgIpc) is 2.73. The van der Waals surface area contributed by atoms with Crippen molar-refractivity contribution in [2.45, 2.75) is 13.2 Å². The van der Waals surface area contributed by atoms with Crippen LogP contribution in [0.3, 0.4) is 0 Å². The predicted molar refractivity (Wildman–Crippen MR) is 82.8 cm³/mol. The van der Waals surface area contributed by atoms with Crippen LogP contribution in [0.1, 0.15) is 10.4 Å². The Morgan fingerprint density at radius 1 is 1.26 bits per heavy atom. The zero-order valence-electron chi connectivity index (χ0n) is 11.9. The van der Waals surface area contributed by atoms with Gasteiger partial charge in [-0.3, -0.25) is 0 Å². The Morgan fingerprint density at radius 2 is 2.05 bits per heavy atom. The minimum atomic E-state index is 0.703. The van der Waals surface area contributed by atoms with Gasteiger partial charge in [0.15, 0.2) is 0 Å². The molecule has 4 heteroatoms. The van der Waals surface area contributed by atoms with Crippen LogP contribution in [0.15, 0.2) is 24.3 Å². The van der Waals surface area contributed by atoms with Gasteiger partial charge in [-0.05, 0) is 32.6 Å². The third-order valence-electron chi connectivity index (χ3n) is 3.05. The Labute approximate surface area is 119 Å².